The van der Waals surface area contributed by atoms with Crippen LogP contribution in [0.4, 0.5) is 10.7 Å². The number of rotatable bonds is 7. The van der Waals surface area contributed by atoms with Crippen molar-refractivity contribution >= 4 is 51.4 Å². The Morgan fingerprint density at radius 1 is 1.16 bits per heavy atom. The molecule has 0 radical (unpaired) electrons. The number of non-ortho nitro benzene ring substituents is 1. The van der Waals surface area contributed by atoms with Crippen LogP contribution in [0, 0.1) is 22.0 Å². The Morgan fingerprint density at radius 3 is 2.48 bits per heavy atom. The number of nitro benzene ring substituents is 1. The fraction of sp³-hybridized carbons (Fsp3) is 0.350. The molecule has 3 rings (SSSR count). The second-order valence-electron chi connectivity index (χ2n) is 7.28. The minimum absolute atomic E-state index is 0.0700. The highest BCUT2D eigenvalue weighted by Gasteiger charge is 2.30. The third kappa shape index (κ3) is 5.80. The van der Waals surface area contributed by atoms with Crippen LogP contribution in [-0.4, -0.2) is 27.8 Å². The van der Waals surface area contributed by atoms with Crippen molar-refractivity contribution in [1.82, 2.24) is 5.32 Å². The Morgan fingerprint density at radius 2 is 1.84 bits per heavy atom. The number of nitrogens with zero attached hydrogens (tertiary/aromatic N) is 1. The lowest BCUT2D eigenvalue weighted by Gasteiger charge is -2.25. The van der Waals surface area contributed by atoms with E-state index in [2.05, 4.69) is 10.6 Å². The van der Waals surface area contributed by atoms with Crippen LogP contribution in [-0.2, 0) is 16.1 Å². The maximum atomic E-state index is 12.6. The van der Waals surface area contributed by atoms with Crippen LogP contribution in [0.1, 0.15) is 41.6 Å². The molecule has 0 bridgehead atoms. The molecule has 0 aliphatic heterocycles. The van der Waals surface area contributed by atoms with Crippen molar-refractivity contribution in [3.63, 3.8) is 0 Å². The largest absolute Gasteiger partial charge is 0.481 e. The van der Waals surface area contributed by atoms with Gasteiger partial charge in [-0.2, -0.15) is 0 Å². The number of carboxylic acid groups (broad SMARTS) is 1. The van der Waals surface area contributed by atoms with Crippen LogP contribution in [0.2, 0.25) is 4.34 Å². The molecule has 1 aliphatic carbocycles. The van der Waals surface area contributed by atoms with Crippen LogP contribution >= 0.6 is 22.9 Å². The zero-order valence-corrected chi connectivity index (χ0v) is 17.9. The monoisotopic (exact) mass is 465 g/mol. The number of hydrogen-bond acceptors (Lipinski definition) is 6. The van der Waals surface area contributed by atoms with E-state index in [4.69, 9.17) is 16.7 Å². The molecule has 0 spiro atoms. The summed E-state index contributed by atoms with van der Waals surface area (Å²) in [6, 6.07) is 7.38. The molecule has 31 heavy (non-hydrogen) atoms. The van der Waals surface area contributed by atoms with E-state index in [-0.39, 0.29) is 29.6 Å². The Labute approximate surface area is 186 Å². The van der Waals surface area contributed by atoms with Crippen LogP contribution in [0.15, 0.2) is 30.3 Å². The number of hydrogen-bond donors (Lipinski definition) is 3. The summed E-state index contributed by atoms with van der Waals surface area (Å²) in [6.07, 6.45) is 1.82. The predicted octanol–water partition coefficient (Wildman–Crippen LogP) is 4.07. The molecule has 3 N–H and O–H groups in total. The molecule has 9 nitrogen and oxygen atoms in total. The van der Waals surface area contributed by atoms with Gasteiger partial charge in [0, 0.05) is 24.6 Å². The minimum atomic E-state index is -0.841. The Bertz CT molecular complexity index is 1020. The van der Waals surface area contributed by atoms with Crippen molar-refractivity contribution in [2.24, 2.45) is 11.8 Å². The van der Waals surface area contributed by atoms with E-state index in [1.54, 1.807) is 6.07 Å². The fourth-order valence-corrected chi connectivity index (χ4v) is 4.62. The van der Waals surface area contributed by atoms with Crippen LogP contribution < -0.4 is 10.6 Å². The molecule has 0 atom stereocenters. The number of anilines is 1. The number of benzene rings is 1. The van der Waals surface area contributed by atoms with Crippen molar-refractivity contribution in [2.75, 3.05) is 5.32 Å². The van der Waals surface area contributed by atoms with E-state index in [1.807, 2.05) is 0 Å². The first-order valence-corrected chi connectivity index (χ1v) is 10.8. The minimum Gasteiger partial charge on any atom is -0.481 e. The molecular weight excluding hydrogens is 446 g/mol. The first-order chi connectivity index (χ1) is 14.7. The van der Waals surface area contributed by atoms with Gasteiger partial charge in [-0.1, -0.05) is 23.7 Å². The van der Waals surface area contributed by atoms with Crippen molar-refractivity contribution in [2.45, 2.75) is 32.2 Å². The standard InChI is InChI=1S/C20H20ClN3O6S/c21-16-9-15(18(26)22-10-11-2-1-3-14(8-11)24(29)30)19(31-16)23-17(25)12-4-6-13(7-5-12)20(27)28/h1-3,8-9,12-13H,4-7,10H2,(H,22,26)(H,23,25)(H,27,28). The van der Waals surface area contributed by atoms with Gasteiger partial charge in [0.25, 0.3) is 11.6 Å². The highest BCUT2D eigenvalue weighted by atomic mass is 35.5. The van der Waals surface area contributed by atoms with E-state index in [0.717, 1.165) is 11.3 Å². The normalized spacial score (nSPS) is 18.2. The number of nitrogens with one attached hydrogen (secondary N) is 2. The highest BCUT2D eigenvalue weighted by molar-refractivity contribution is 7.20. The summed E-state index contributed by atoms with van der Waals surface area (Å²) in [5.74, 6) is -2.33. The first kappa shape index (κ1) is 22.7. The van der Waals surface area contributed by atoms with Gasteiger partial charge in [-0.3, -0.25) is 24.5 Å². The number of carbonyl (C=O) groups excluding carboxylic acids is 2. The maximum absolute atomic E-state index is 12.6. The van der Waals surface area contributed by atoms with Gasteiger partial charge in [0.05, 0.1) is 20.7 Å². The first-order valence-electron chi connectivity index (χ1n) is 9.59. The second kappa shape index (κ2) is 9.88. The number of carboxylic acids is 1. The summed E-state index contributed by atoms with van der Waals surface area (Å²) in [5, 5.41) is 25.7. The summed E-state index contributed by atoms with van der Waals surface area (Å²) in [5.41, 5.74) is 0.688. The summed E-state index contributed by atoms with van der Waals surface area (Å²) in [6.45, 7) is 0.0700. The molecule has 0 unspecified atom stereocenters. The van der Waals surface area contributed by atoms with Gasteiger partial charge in [0.15, 0.2) is 0 Å². The molecule has 11 heteroatoms. The van der Waals surface area contributed by atoms with Gasteiger partial charge in [-0.15, -0.1) is 11.3 Å². The number of halogens is 1. The predicted molar refractivity (Wildman–Crippen MR) is 115 cm³/mol. The zero-order valence-electron chi connectivity index (χ0n) is 16.3. The van der Waals surface area contributed by atoms with E-state index in [0.29, 0.717) is 40.6 Å². The van der Waals surface area contributed by atoms with Crippen molar-refractivity contribution in [1.29, 1.82) is 0 Å². The fourth-order valence-electron chi connectivity index (χ4n) is 3.50. The summed E-state index contributed by atoms with van der Waals surface area (Å²) in [7, 11) is 0. The molecule has 1 aromatic heterocycles. The van der Waals surface area contributed by atoms with E-state index in [1.165, 1.54) is 24.3 Å². The number of carbonyl (C=O) groups is 3. The summed E-state index contributed by atoms with van der Waals surface area (Å²) >= 11 is 7.11. The van der Waals surface area contributed by atoms with Gasteiger partial charge >= 0.3 is 5.97 Å². The molecule has 164 valence electrons. The summed E-state index contributed by atoms with van der Waals surface area (Å²) in [4.78, 5) is 46.7. The zero-order chi connectivity index (χ0) is 22.5. The molecule has 1 fully saturated rings. The topological polar surface area (TPSA) is 139 Å². The van der Waals surface area contributed by atoms with Gasteiger partial charge in [0.1, 0.15) is 5.00 Å². The number of aliphatic carboxylic acids is 1. The molecule has 1 aliphatic rings. The molecule has 0 saturated heterocycles. The van der Waals surface area contributed by atoms with E-state index in [9.17, 15) is 24.5 Å². The number of nitro groups is 1. The van der Waals surface area contributed by atoms with Crippen LogP contribution in [0.3, 0.4) is 0 Å². The average molecular weight is 466 g/mol. The lowest BCUT2D eigenvalue weighted by molar-refractivity contribution is -0.384. The van der Waals surface area contributed by atoms with Crippen molar-refractivity contribution in [3.8, 4) is 0 Å². The van der Waals surface area contributed by atoms with Gasteiger partial charge in [0.2, 0.25) is 5.91 Å². The Kier molecular flexibility index (Phi) is 7.24. The average Bonchev–Trinajstić information content (AvgIpc) is 3.12. The molecular formula is C20H20ClN3O6S. The third-order valence-electron chi connectivity index (χ3n) is 5.21. The quantitative estimate of drug-likeness (QED) is 0.416. The molecule has 1 saturated carbocycles. The molecule has 1 heterocycles. The summed E-state index contributed by atoms with van der Waals surface area (Å²) < 4.78 is 0.324. The van der Waals surface area contributed by atoms with Crippen LogP contribution in [0.5, 0.6) is 0 Å². The molecule has 1 aromatic carbocycles. The Hall–Kier alpha value is -2.98. The molecule has 2 amide bonds. The third-order valence-corrected chi connectivity index (χ3v) is 6.38. The second-order valence-corrected chi connectivity index (χ2v) is 8.96. The number of thiophene rings is 1. The van der Waals surface area contributed by atoms with Gasteiger partial charge in [-0.05, 0) is 37.3 Å². The van der Waals surface area contributed by atoms with E-state index < -0.39 is 22.7 Å². The highest BCUT2D eigenvalue weighted by Crippen LogP contribution is 2.34. The van der Waals surface area contributed by atoms with Crippen molar-refractivity contribution < 1.29 is 24.4 Å². The van der Waals surface area contributed by atoms with Crippen molar-refractivity contribution in [3.05, 3.63) is 55.9 Å². The van der Waals surface area contributed by atoms with Gasteiger partial charge < -0.3 is 15.7 Å². The van der Waals surface area contributed by atoms with E-state index >= 15 is 0 Å². The lowest BCUT2D eigenvalue weighted by atomic mass is 9.81. The maximum Gasteiger partial charge on any atom is 0.306 e. The van der Waals surface area contributed by atoms with Crippen LogP contribution in [0.25, 0.3) is 0 Å². The smallest absolute Gasteiger partial charge is 0.306 e. The number of amides is 2. The van der Waals surface area contributed by atoms with Gasteiger partial charge in [-0.25, -0.2) is 0 Å². The lowest BCUT2D eigenvalue weighted by Crippen LogP contribution is -2.30. The molecule has 2 aromatic rings. The Balaban J connectivity index is 1.62. The SMILES string of the molecule is O=C(NCc1cccc([N+](=O)[O-])c1)c1cc(Cl)sc1NC(=O)C1CCC(C(=O)O)CC1.